The van der Waals surface area contributed by atoms with Gasteiger partial charge < -0.3 is 20.4 Å². The Labute approximate surface area is 426 Å². The van der Waals surface area contributed by atoms with Crippen LogP contribution in [0.15, 0.2) is 128 Å². The van der Waals surface area contributed by atoms with Crippen LogP contribution in [-0.2, 0) is 9.59 Å². The van der Waals surface area contributed by atoms with Crippen LogP contribution < -0.4 is 20.4 Å². The van der Waals surface area contributed by atoms with E-state index in [4.69, 9.17) is 16.6 Å². The molecule has 4 fully saturated rings. The molecular weight excluding hydrogens is 900 g/mol. The lowest BCUT2D eigenvalue weighted by Gasteiger charge is -2.54. The van der Waals surface area contributed by atoms with Gasteiger partial charge in [-0.05, 0) is 156 Å². The average Bonchev–Trinajstić information content (AvgIpc) is 3.43. The molecule has 11 heteroatoms. The maximum absolute atomic E-state index is 15.3. The number of hydrogen-bond donors (Lipinski definition) is 2. The predicted octanol–water partition coefficient (Wildman–Crippen LogP) is 10.9. The Hall–Kier alpha value is -5.55. The number of piperazine rings is 2. The van der Waals surface area contributed by atoms with E-state index in [0.29, 0.717) is 29.9 Å². The second kappa shape index (κ2) is 22.9. The summed E-state index contributed by atoms with van der Waals surface area (Å²) in [7, 11) is 0. The number of unbranched alkanes of at least 4 members (excludes halogenated alkanes) is 2. The predicted molar refractivity (Wildman–Crippen MR) is 290 cm³/mol. The van der Waals surface area contributed by atoms with Crippen molar-refractivity contribution in [3.63, 3.8) is 0 Å². The van der Waals surface area contributed by atoms with E-state index in [0.717, 1.165) is 165 Å². The van der Waals surface area contributed by atoms with Crippen molar-refractivity contribution in [2.75, 3.05) is 88.3 Å². The molecule has 372 valence electrons. The fourth-order valence-corrected chi connectivity index (χ4v) is 13.0. The van der Waals surface area contributed by atoms with Gasteiger partial charge in [0.2, 0.25) is 11.8 Å². The van der Waals surface area contributed by atoms with Gasteiger partial charge in [0.25, 0.3) is 0 Å². The summed E-state index contributed by atoms with van der Waals surface area (Å²) in [6, 6.07) is 42.4. The van der Waals surface area contributed by atoms with Crippen LogP contribution in [0.4, 0.5) is 11.5 Å². The SMILES string of the molecule is O=C(NCCCCN1CCN(c2ccc3ccccc3n2)CC1)C1(C2(C(=O)NCCCCN3CCN(c4ccnc5cc(Cl)ccc45)CC3)CCC(c3ccccc3)CC2)CCC(c2ccccc2)CC1. The summed E-state index contributed by atoms with van der Waals surface area (Å²) in [4.78, 5) is 50.0. The zero-order valence-electron chi connectivity index (χ0n) is 41.6. The van der Waals surface area contributed by atoms with E-state index in [-0.39, 0.29) is 11.8 Å². The number of rotatable bonds is 17. The van der Waals surface area contributed by atoms with Gasteiger partial charge in [0.05, 0.1) is 21.9 Å². The number of carbonyl (C=O) groups is 2. The first-order chi connectivity index (χ1) is 34.9. The van der Waals surface area contributed by atoms with Gasteiger partial charge >= 0.3 is 0 Å². The number of benzene rings is 4. The summed E-state index contributed by atoms with van der Waals surface area (Å²) in [6.45, 7) is 11.1. The van der Waals surface area contributed by atoms with Crippen LogP contribution in [0, 0.1) is 10.8 Å². The van der Waals surface area contributed by atoms with E-state index in [1.807, 2.05) is 18.3 Å². The molecule has 4 heterocycles. The molecular formula is C60H73ClN8O2. The van der Waals surface area contributed by atoms with Crippen LogP contribution in [0.5, 0.6) is 0 Å². The molecule has 4 aromatic carbocycles. The van der Waals surface area contributed by atoms with Crippen molar-refractivity contribution >= 4 is 56.7 Å². The highest BCUT2D eigenvalue weighted by molar-refractivity contribution is 6.31. The molecule has 0 radical (unpaired) electrons. The third-order valence-corrected chi connectivity index (χ3v) is 17.3. The number of fused-ring (bicyclic) bond motifs is 2. The van der Waals surface area contributed by atoms with Crippen molar-refractivity contribution in [2.24, 2.45) is 10.8 Å². The minimum atomic E-state index is -0.762. The number of nitrogens with one attached hydrogen (secondary N) is 2. The minimum absolute atomic E-state index is 0.106. The third kappa shape index (κ3) is 11.1. The molecule has 2 saturated heterocycles. The van der Waals surface area contributed by atoms with Gasteiger partial charge in [0.1, 0.15) is 5.82 Å². The van der Waals surface area contributed by atoms with Crippen LogP contribution in [0.25, 0.3) is 21.8 Å². The lowest BCUT2D eigenvalue weighted by atomic mass is 9.49. The van der Waals surface area contributed by atoms with Gasteiger partial charge in [-0.3, -0.25) is 24.4 Å². The summed E-state index contributed by atoms with van der Waals surface area (Å²) in [5.74, 6) is 2.05. The summed E-state index contributed by atoms with van der Waals surface area (Å²) >= 11 is 6.28. The molecule has 0 unspecified atom stereocenters. The summed E-state index contributed by atoms with van der Waals surface area (Å²) in [5.41, 5.74) is 4.37. The molecule has 6 aromatic rings. The van der Waals surface area contributed by atoms with E-state index in [2.05, 4.69) is 144 Å². The van der Waals surface area contributed by atoms with Crippen LogP contribution in [-0.4, -0.2) is 110 Å². The Balaban J connectivity index is 0.764. The van der Waals surface area contributed by atoms with Crippen molar-refractivity contribution in [3.8, 4) is 0 Å². The first kappa shape index (κ1) is 49.0. The van der Waals surface area contributed by atoms with Crippen LogP contribution in [0.1, 0.15) is 100 Å². The van der Waals surface area contributed by atoms with Gasteiger partial charge in [-0.2, -0.15) is 0 Å². The first-order valence-electron chi connectivity index (χ1n) is 26.9. The molecule has 2 saturated carbocycles. The topological polar surface area (TPSA) is 96.9 Å². The Morgan fingerprint density at radius 2 is 1.07 bits per heavy atom. The standard InChI is InChI=1S/C60H73ClN8O2/c61-51-20-21-52-54(45-51)62-34-27-55(52)68-41-37-66(38-42-68)35-11-9-32-63-57(70)59(28-23-48(24-29-59)46-13-3-1-4-14-46)60(30-25-49(26-31-60)47-15-5-2-6-16-47)58(71)64-33-10-12-36-67-39-43-69(44-40-67)56-22-19-50-17-7-8-18-53(50)65-56/h1-8,13-22,27,34,45,48-49H,9-12,23-26,28-33,35-44H2,(H,63,70)(H,64,71). The zero-order chi connectivity index (χ0) is 48.5. The zero-order valence-corrected chi connectivity index (χ0v) is 42.4. The Morgan fingerprint density at radius 3 is 1.63 bits per heavy atom. The fourth-order valence-electron chi connectivity index (χ4n) is 12.9. The van der Waals surface area contributed by atoms with E-state index in [1.54, 1.807) is 0 Å². The molecule has 10 rings (SSSR count). The fraction of sp³-hybridized carbons (Fsp3) is 0.467. The highest BCUT2D eigenvalue weighted by Crippen LogP contribution is 2.60. The normalized spacial score (nSPS) is 23.5. The number of hydrogen-bond acceptors (Lipinski definition) is 8. The summed E-state index contributed by atoms with van der Waals surface area (Å²) in [6.07, 6.45) is 12.3. The lowest BCUT2D eigenvalue weighted by Crippen LogP contribution is -2.61. The van der Waals surface area contributed by atoms with Gasteiger partial charge in [0.15, 0.2) is 0 Å². The molecule has 0 bridgehead atoms. The summed E-state index contributed by atoms with van der Waals surface area (Å²) in [5, 5.41) is 10.1. The highest BCUT2D eigenvalue weighted by atomic mass is 35.5. The van der Waals surface area contributed by atoms with E-state index in [1.165, 1.54) is 22.2 Å². The maximum Gasteiger partial charge on any atom is 0.227 e. The Bertz CT molecular complexity index is 2690. The number of para-hydroxylation sites is 1. The molecule has 2 amide bonds. The Kier molecular flexibility index (Phi) is 15.8. The highest BCUT2D eigenvalue weighted by Gasteiger charge is 2.61. The van der Waals surface area contributed by atoms with Crippen LogP contribution in [0.2, 0.25) is 5.02 Å². The molecule has 0 atom stereocenters. The average molecular weight is 974 g/mol. The van der Waals surface area contributed by atoms with E-state index >= 15 is 9.59 Å². The minimum Gasteiger partial charge on any atom is -0.368 e. The van der Waals surface area contributed by atoms with Crippen molar-refractivity contribution < 1.29 is 9.59 Å². The van der Waals surface area contributed by atoms with Gasteiger partial charge in [-0.15, -0.1) is 0 Å². The summed E-state index contributed by atoms with van der Waals surface area (Å²) < 4.78 is 0. The number of nitrogens with zero attached hydrogens (tertiary/aromatic N) is 6. The first-order valence-corrected chi connectivity index (χ1v) is 27.3. The van der Waals surface area contributed by atoms with Crippen molar-refractivity contribution in [1.82, 2.24) is 30.4 Å². The molecule has 2 aliphatic carbocycles. The number of halogens is 1. The number of amides is 2. The van der Waals surface area contributed by atoms with Gasteiger partial charge in [0, 0.05) is 93.1 Å². The quantitative estimate of drug-likeness (QED) is 0.0873. The van der Waals surface area contributed by atoms with Crippen molar-refractivity contribution in [2.45, 2.75) is 88.9 Å². The second-order valence-electron chi connectivity index (χ2n) is 21.0. The van der Waals surface area contributed by atoms with Crippen LogP contribution in [0.3, 0.4) is 0 Å². The van der Waals surface area contributed by atoms with Gasteiger partial charge in [-0.25, -0.2) is 4.98 Å². The number of pyridine rings is 2. The number of carbonyl (C=O) groups excluding carboxylic acids is 2. The molecule has 71 heavy (non-hydrogen) atoms. The van der Waals surface area contributed by atoms with Crippen molar-refractivity contribution in [1.29, 1.82) is 0 Å². The molecule has 0 spiro atoms. The molecule has 2 aliphatic heterocycles. The monoisotopic (exact) mass is 973 g/mol. The smallest absolute Gasteiger partial charge is 0.227 e. The lowest BCUT2D eigenvalue weighted by molar-refractivity contribution is -0.161. The number of anilines is 2. The second-order valence-corrected chi connectivity index (χ2v) is 21.4. The molecule has 2 N–H and O–H groups in total. The maximum atomic E-state index is 15.3. The van der Waals surface area contributed by atoms with Crippen molar-refractivity contribution in [3.05, 3.63) is 144 Å². The van der Waals surface area contributed by atoms with E-state index in [9.17, 15) is 0 Å². The largest absolute Gasteiger partial charge is 0.368 e. The molecule has 4 aliphatic rings. The third-order valence-electron chi connectivity index (χ3n) is 17.1. The molecule has 10 nitrogen and oxygen atoms in total. The number of aromatic nitrogens is 2. The van der Waals surface area contributed by atoms with Crippen LogP contribution >= 0.6 is 11.6 Å². The molecule has 2 aromatic heterocycles. The van der Waals surface area contributed by atoms with Gasteiger partial charge in [-0.1, -0.05) is 90.5 Å². The van der Waals surface area contributed by atoms with E-state index < -0.39 is 10.8 Å². The Morgan fingerprint density at radius 1 is 0.549 bits per heavy atom.